The average molecular weight is 350 g/mol. The number of likely N-dealkylation sites (N-methyl/N-ethyl adjacent to an activating group) is 1. The number of hydrogen-bond acceptors (Lipinski definition) is 5. The summed E-state index contributed by atoms with van der Waals surface area (Å²) in [4.78, 5) is 25.1. The molecule has 0 aliphatic carbocycles. The van der Waals surface area contributed by atoms with Crippen LogP contribution in [0, 0.1) is 5.82 Å². The van der Waals surface area contributed by atoms with Crippen molar-refractivity contribution in [1.29, 1.82) is 0 Å². The zero-order chi connectivity index (χ0) is 17.1. The lowest BCUT2D eigenvalue weighted by Gasteiger charge is -2.32. The molecule has 0 unspecified atom stereocenters. The van der Waals surface area contributed by atoms with Crippen LogP contribution < -0.4 is 10.2 Å². The van der Waals surface area contributed by atoms with Gasteiger partial charge in [0.2, 0.25) is 5.95 Å². The minimum Gasteiger partial charge on any atom is -0.338 e. The Bertz CT molecular complexity index is 732. The van der Waals surface area contributed by atoms with Gasteiger partial charge in [0.05, 0.1) is 28.7 Å². The smallest absolute Gasteiger partial charge is 0.257 e. The van der Waals surface area contributed by atoms with E-state index in [2.05, 4.69) is 32.1 Å². The predicted molar refractivity (Wildman–Crippen MR) is 91.1 cm³/mol. The molecule has 1 aromatic carbocycles. The molecule has 1 amide bonds. The molecule has 1 aliphatic rings. The normalized spacial score (nSPS) is 15.4. The number of hydrogen-bond donors (Lipinski definition) is 1. The summed E-state index contributed by atoms with van der Waals surface area (Å²) in [6.45, 7) is 3.66. The van der Waals surface area contributed by atoms with E-state index >= 15 is 0 Å². The molecule has 1 N–H and O–H groups in total. The molecular weight excluding hydrogens is 333 g/mol. The summed E-state index contributed by atoms with van der Waals surface area (Å²) in [5.41, 5.74) is 0.652. The molecule has 0 atom stereocenters. The van der Waals surface area contributed by atoms with Crippen LogP contribution in [0.5, 0.6) is 0 Å². The van der Waals surface area contributed by atoms with Crippen LogP contribution >= 0.6 is 11.6 Å². The van der Waals surface area contributed by atoms with Crippen LogP contribution in [-0.2, 0) is 0 Å². The van der Waals surface area contributed by atoms with Crippen molar-refractivity contribution in [2.24, 2.45) is 0 Å². The molecule has 0 radical (unpaired) electrons. The fourth-order valence-corrected chi connectivity index (χ4v) is 2.68. The Morgan fingerprint density at radius 3 is 2.50 bits per heavy atom. The highest BCUT2D eigenvalue weighted by molar-refractivity contribution is 6.34. The number of nitrogens with zero attached hydrogens (tertiary/aromatic N) is 4. The van der Waals surface area contributed by atoms with Crippen molar-refractivity contribution in [3.8, 4) is 0 Å². The maximum atomic E-state index is 13.0. The molecule has 1 aliphatic heterocycles. The van der Waals surface area contributed by atoms with Gasteiger partial charge in [-0.25, -0.2) is 14.4 Å². The van der Waals surface area contributed by atoms with Crippen LogP contribution in [0.1, 0.15) is 10.4 Å². The van der Waals surface area contributed by atoms with Gasteiger partial charge in [0.15, 0.2) is 0 Å². The molecule has 1 aromatic heterocycles. The van der Waals surface area contributed by atoms with E-state index in [0.717, 1.165) is 32.2 Å². The summed E-state index contributed by atoms with van der Waals surface area (Å²) in [5.74, 6) is -0.284. The van der Waals surface area contributed by atoms with Crippen molar-refractivity contribution in [3.05, 3.63) is 47.0 Å². The van der Waals surface area contributed by atoms with E-state index in [4.69, 9.17) is 11.6 Å². The number of anilines is 2. The van der Waals surface area contributed by atoms with Crippen LogP contribution in [0.15, 0.2) is 30.6 Å². The summed E-state index contributed by atoms with van der Waals surface area (Å²) in [7, 11) is 2.08. The van der Waals surface area contributed by atoms with Gasteiger partial charge in [0, 0.05) is 26.2 Å². The Kier molecular flexibility index (Phi) is 4.92. The monoisotopic (exact) mass is 349 g/mol. The Balaban J connectivity index is 1.66. The van der Waals surface area contributed by atoms with Gasteiger partial charge >= 0.3 is 0 Å². The van der Waals surface area contributed by atoms with Crippen LogP contribution in [0.25, 0.3) is 0 Å². The summed E-state index contributed by atoms with van der Waals surface area (Å²) >= 11 is 5.89. The molecule has 1 saturated heterocycles. The molecule has 0 bridgehead atoms. The van der Waals surface area contributed by atoms with E-state index < -0.39 is 11.7 Å². The van der Waals surface area contributed by atoms with Gasteiger partial charge in [0.25, 0.3) is 5.91 Å². The van der Waals surface area contributed by atoms with Gasteiger partial charge in [-0.05, 0) is 25.2 Å². The fraction of sp³-hybridized carbons (Fsp3) is 0.312. The Morgan fingerprint density at radius 2 is 1.88 bits per heavy atom. The predicted octanol–water partition coefficient (Wildman–Crippen LogP) is 2.27. The second kappa shape index (κ2) is 7.11. The van der Waals surface area contributed by atoms with Crippen LogP contribution in [-0.4, -0.2) is 54.0 Å². The maximum absolute atomic E-state index is 13.0. The minimum atomic E-state index is -0.489. The van der Waals surface area contributed by atoms with Crippen molar-refractivity contribution >= 4 is 29.1 Å². The van der Waals surface area contributed by atoms with E-state index in [-0.39, 0.29) is 10.6 Å². The van der Waals surface area contributed by atoms with Gasteiger partial charge in [-0.1, -0.05) is 11.6 Å². The van der Waals surface area contributed by atoms with Crippen molar-refractivity contribution in [2.45, 2.75) is 0 Å². The highest BCUT2D eigenvalue weighted by atomic mass is 35.5. The van der Waals surface area contributed by atoms with Crippen molar-refractivity contribution in [1.82, 2.24) is 14.9 Å². The van der Waals surface area contributed by atoms with Gasteiger partial charge in [0.1, 0.15) is 5.82 Å². The number of carbonyl (C=O) groups is 1. The first-order chi connectivity index (χ1) is 11.5. The molecule has 8 heteroatoms. The first-order valence-electron chi connectivity index (χ1n) is 7.55. The van der Waals surface area contributed by atoms with E-state index in [9.17, 15) is 9.18 Å². The summed E-state index contributed by atoms with van der Waals surface area (Å²) in [6.07, 6.45) is 3.10. The number of aromatic nitrogens is 2. The van der Waals surface area contributed by atoms with E-state index in [1.807, 2.05) is 0 Å². The highest BCUT2D eigenvalue weighted by Gasteiger charge is 2.17. The fourth-order valence-electron chi connectivity index (χ4n) is 2.43. The maximum Gasteiger partial charge on any atom is 0.257 e. The van der Waals surface area contributed by atoms with Crippen LogP contribution in [0.2, 0.25) is 5.02 Å². The number of piperazine rings is 1. The second-order valence-electron chi connectivity index (χ2n) is 5.64. The van der Waals surface area contributed by atoms with Gasteiger partial charge < -0.3 is 15.1 Å². The average Bonchev–Trinajstić information content (AvgIpc) is 2.56. The lowest BCUT2D eigenvalue weighted by molar-refractivity contribution is 0.102. The van der Waals surface area contributed by atoms with Gasteiger partial charge in [-0.15, -0.1) is 0 Å². The molecule has 2 heterocycles. The lowest BCUT2D eigenvalue weighted by atomic mass is 10.2. The molecule has 2 aromatic rings. The standard InChI is InChI=1S/C16H17ClFN5O/c1-22-4-6-23(7-5-22)16-19-9-12(10-20-16)21-15(24)13-3-2-11(18)8-14(13)17/h2-3,8-10H,4-7H2,1H3,(H,21,24). The molecule has 3 rings (SSSR count). The first-order valence-corrected chi connectivity index (χ1v) is 7.92. The summed E-state index contributed by atoms with van der Waals surface area (Å²) < 4.78 is 13.0. The molecule has 0 saturated carbocycles. The van der Waals surface area contributed by atoms with Crippen molar-refractivity contribution < 1.29 is 9.18 Å². The Morgan fingerprint density at radius 1 is 1.21 bits per heavy atom. The summed E-state index contributed by atoms with van der Waals surface area (Å²) in [5, 5.41) is 2.72. The van der Waals surface area contributed by atoms with Crippen LogP contribution in [0.3, 0.4) is 0 Å². The van der Waals surface area contributed by atoms with Crippen molar-refractivity contribution in [3.63, 3.8) is 0 Å². The Hall–Kier alpha value is -2.25. The first kappa shape index (κ1) is 16.6. The topological polar surface area (TPSA) is 61.4 Å². The largest absolute Gasteiger partial charge is 0.338 e. The number of nitrogens with one attached hydrogen (secondary N) is 1. The van der Waals surface area contributed by atoms with Crippen molar-refractivity contribution in [2.75, 3.05) is 43.4 Å². The Labute approximate surface area is 144 Å². The number of rotatable bonds is 3. The van der Waals surface area contributed by atoms with Gasteiger partial charge in [-0.3, -0.25) is 4.79 Å². The highest BCUT2D eigenvalue weighted by Crippen LogP contribution is 2.19. The number of amides is 1. The molecule has 1 fully saturated rings. The number of halogens is 2. The molecular formula is C16H17ClFN5O. The SMILES string of the molecule is CN1CCN(c2ncc(NC(=O)c3ccc(F)cc3Cl)cn2)CC1. The third-order valence-electron chi connectivity index (χ3n) is 3.86. The quantitative estimate of drug-likeness (QED) is 0.921. The number of carbonyl (C=O) groups excluding carboxylic acids is 1. The zero-order valence-corrected chi connectivity index (χ0v) is 13.9. The summed E-state index contributed by atoms with van der Waals surface area (Å²) in [6, 6.07) is 3.63. The molecule has 24 heavy (non-hydrogen) atoms. The molecule has 126 valence electrons. The van der Waals surface area contributed by atoms with Crippen LogP contribution in [0.4, 0.5) is 16.0 Å². The van der Waals surface area contributed by atoms with Gasteiger partial charge in [-0.2, -0.15) is 0 Å². The lowest BCUT2D eigenvalue weighted by Crippen LogP contribution is -2.45. The molecule has 0 spiro atoms. The zero-order valence-electron chi connectivity index (χ0n) is 13.2. The van der Waals surface area contributed by atoms with E-state index in [0.29, 0.717) is 11.6 Å². The second-order valence-corrected chi connectivity index (χ2v) is 6.05. The van der Waals surface area contributed by atoms with E-state index in [1.54, 1.807) is 12.4 Å². The number of benzene rings is 1. The van der Waals surface area contributed by atoms with E-state index in [1.165, 1.54) is 12.1 Å². The minimum absolute atomic E-state index is 0.0578. The third kappa shape index (κ3) is 3.80. The molecule has 6 nitrogen and oxygen atoms in total. The third-order valence-corrected chi connectivity index (χ3v) is 4.17.